The van der Waals surface area contributed by atoms with Gasteiger partial charge in [0.05, 0.1) is 18.6 Å². The fourth-order valence-electron chi connectivity index (χ4n) is 2.88. The number of amides is 1. The second kappa shape index (κ2) is 4.96. The van der Waals surface area contributed by atoms with Crippen molar-refractivity contribution in [3.63, 3.8) is 0 Å². The molecule has 0 spiro atoms. The molecule has 0 radical (unpaired) electrons. The molecule has 1 unspecified atom stereocenters. The number of aromatic nitrogens is 2. The van der Waals surface area contributed by atoms with Crippen LogP contribution in [0.1, 0.15) is 38.1 Å². The summed E-state index contributed by atoms with van der Waals surface area (Å²) < 4.78 is 7.51. The summed E-state index contributed by atoms with van der Waals surface area (Å²) in [6, 6.07) is 0.395. The fourth-order valence-corrected chi connectivity index (χ4v) is 2.88. The van der Waals surface area contributed by atoms with E-state index in [9.17, 15) is 4.79 Å². The van der Waals surface area contributed by atoms with Gasteiger partial charge in [0.25, 0.3) is 0 Å². The lowest BCUT2D eigenvalue weighted by Crippen LogP contribution is -2.53. The van der Waals surface area contributed by atoms with Crippen LogP contribution in [0, 0.1) is 5.92 Å². The standard InChI is InChI=1S/C14H21N3O2/c1-10(2)13-15-4-5-17(13)12-7-16(8-12)14(18)11-3-6-19-9-11/h4-5,10-12H,3,6-9H2,1-2H3. The van der Waals surface area contributed by atoms with E-state index in [2.05, 4.69) is 23.4 Å². The smallest absolute Gasteiger partial charge is 0.228 e. The number of hydrogen-bond donors (Lipinski definition) is 0. The molecule has 0 bridgehead atoms. The van der Waals surface area contributed by atoms with E-state index in [1.807, 2.05) is 17.3 Å². The van der Waals surface area contributed by atoms with E-state index >= 15 is 0 Å². The molecule has 0 saturated carbocycles. The van der Waals surface area contributed by atoms with E-state index in [0.29, 0.717) is 18.6 Å². The van der Waals surface area contributed by atoms with Gasteiger partial charge in [0.2, 0.25) is 5.91 Å². The van der Waals surface area contributed by atoms with Crippen molar-refractivity contribution < 1.29 is 9.53 Å². The third-order valence-electron chi connectivity index (χ3n) is 4.06. The number of likely N-dealkylation sites (tertiary alicyclic amines) is 1. The second-order valence-electron chi connectivity index (χ2n) is 5.80. The van der Waals surface area contributed by atoms with Gasteiger partial charge in [-0.2, -0.15) is 0 Å². The topological polar surface area (TPSA) is 47.4 Å². The van der Waals surface area contributed by atoms with Crippen LogP contribution < -0.4 is 0 Å². The van der Waals surface area contributed by atoms with Crippen molar-refractivity contribution in [3.05, 3.63) is 18.2 Å². The number of hydrogen-bond acceptors (Lipinski definition) is 3. The van der Waals surface area contributed by atoms with Gasteiger partial charge in [-0.1, -0.05) is 13.8 Å². The van der Waals surface area contributed by atoms with Crippen LogP contribution in [-0.4, -0.2) is 46.7 Å². The highest BCUT2D eigenvalue weighted by Gasteiger charge is 2.37. The Morgan fingerprint density at radius 1 is 1.47 bits per heavy atom. The largest absolute Gasteiger partial charge is 0.381 e. The minimum absolute atomic E-state index is 0.0910. The quantitative estimate of drug-likeness (QED) is 0.828. The van der Waals surface area contributed by atoms with Crippen LogP contribution in [0.2, 0.25) is 0 Å². The van der Waals surface area contributed by atoms with Crippen LogP contribution in [0.4, 0.5) is 0 Å². The van der Waals surface area contributed by atoms with E-state index in [1.165, 1.54) is 0 Å². The molecular formula is C14H21N3O2. The lowest BCUT2D eigenvalue weighted by atomic mass is 10.0. The highest BCUT2D eigenvalue weighted by molar-refractivity contribution is 5.80. The van der Waals surface area contributed by atoms with E-state index in [4.69, 9.17) is 4.74 Å². The van der Waals surface area contributed by atoms with Crippen LogP contribution >= 0.6 is 0 Å². The number of nitrogens with zero attached hydrogens (tertiary/aromatic N) is 3. The van der Waals surface area contributed by atoms with Gasteiger partial charge in [0.15, 0.2) is 0 Å². The summed E-state index contributed by atoms with van der Waals surface area (Å²) in [5.74, 6) is 1.89. The molecule has 1 aromatic rings. The number of rotatable bonds is 3. The highest BCUT2D eigenvalue weighted by atomic mass is 16.5. The Hall–Kier alpha value is -1.36. The Balaban J connectivity index is 1.60. The van der Waals surface area contributed by atoms with Crippen molar-refractivity contribution in [1.29, 1.82) is 0 Å². The predicted molar refractivity (Wildman–Crippen MR) is 70.9 cm³/mol. The first kappa shape index (κ1) is 12.7. The Morgan fingerprint density at radius 3 is 2.89 bits per heavy atom. The second-order valence-corrected chi connectivity index (χ2v) is 5.80. The molecule has 2 aliphatic heterocycles. The van der Waals surface area contributed by atoms with Crippen molar-refractivity contribution in [1.82, 2.24) is 14.5 Å². The minimum atomic E-state index is 0.0910. The molecule has 19 heavy (non-hydrogen) atoms. The number of ether oxygens (including phenoxy) is 1. The maximum absolute atomic E-state index is 12.2. The van der Waals surface area contributed by atoms with Crippen LogP contribution in [0.5, 0.6) is 0 Å². The lowest BCUT2D eigenvalue weighted by molar-refractivity contribution is -0.141. The van der Waals surface area contributed by atoms with Crippen molar-refractivity contribution in [2.75, 3.05) is 26.3 Å². The van der Waals surface area contributed by atoms with Gasteiger partial charge in [-0.15, -0.1) is 0 Å². The van der Waals surface area contributed by atoms with E-state index in [-0.39, 0.29) is 11.8 Å². The zero-order valence-corrected chi connectivity index (χ0v) is 11.6. The van der Waals surface area contributed by atoms with E-state index in [0.717, 1.165) is 31.9 Å². The number of imidazole rings is 1. The van der Waals surface area contributed by atoms with E-state index in [1.54, 1.807) is 0 Å². The van der Waals surface area contributed by atoms with Gasteiger partial charge in [0.1, 0.15) is 5.82 Å². The first-order valence-electron chi connectivity index (χ1n) is 7.06. The van der Waals surface area contributed by atoms with Crippen molar-refractivity contribution >= 4 is 5.91 Å². The fraction of sp³-hybridized carbons (Fsp3) is 0.714. The van der Waals surface area contributed by atoms with Gasteiger partial charge < -0.3 is 14.2 Å². The zero-order valence-electron chi connectivity index (χ0n) is 11.6. The number of carbonyl (C=O) groups is 1. The summed E-state index contributed by atoms with van der Waals surface area (Å²) in [4.78, 5) is 18.5. The van der Waals surface area contributed by atoms with Gasteiger partial charge in [0, 0.05) is 38.0 Å². The molecule has 104 valence electrons. The van der Waals surface area contributed by atoms with Crippen molar-refractivity contribution in [2.45, 2.75) is 32.2 Å². The molecular weight excluding hydrogens is 242 g/mol. The molecule has 2 fully saturated rings. The summed E-state index contributed by atoms with van der Waals surface area (Å²) in [6.07, 6.45) is 4.76. The molecule has 2 aliphatic rings. The number of carbonyl (C=O) groups excluding carboxylic acids is 1. The van der Waals surface area contributed by atoms with Crippen molar-refractivity contribution in [2.24, 2.45) is 5.92 Å². The maximum atomic E-state index is 12.2. The molecule has 3 rings (SSSR count). The molecule has 5 nitrogen and oxygen atoms in total. The normalized spacial score (nSPS) is 23.9. The third-order valence-corrected chi connectivity index (χ3v) is 4.06. The van der Waals surface area contributed by atoms with Crippen LogP contribution in [0.25, 0.3) is 0 Å². The average Bonchev–Trinajstić information content (AvgIpc) is 2.97. The summed E-state index contributed by atoms with van der Waals surface area (Å²) in [6.45, 7) is 7.25. The molecule has 1 aromatic heterocycles. The molecule has 5 heteroatoms. The van der Waals surface area contributed by atoms with E-state index < -0.39 is 0 Å². The van der Waals surface area contributed by atoms with Crippen LogP contribution in [0.15, 0.2) is 12.4 Å². The van der Waals surface area contributed by atoms with Gasteiger partial charge in [-0.3, -0.25) is 4.79 Å². The predicted octanol–water partition coefficient (Wildman–Crippen LogP) is 1.43. The Morgan fingerprint density at radius 2 is 2.26 bits per heavy atom. The van der Waals surface area contributed by atoms with Crippen LogP contribution in [0.3, 0.4) is 0 Å². The molecule has 0 N–H and O–H groups in total. The molecule has 2 saturated heterocycles. The SMILES string of the molecule is CC(C)c1nccn1C1CN(C(=O)C2CCOC2)C1. The molecule has 1 atom stereocenters. The molecule has 1 amide bonds. The zero-order chi connectivity index (χ0) is 13.4. The first-order valence-corrected chi connectivity index (χ1v) is 7.06. The molecule has 0 aliphatic carbocycles. The summed E-state index contributed by atoms with van der Waals surface area (Å²) in [5, 5.41) is 0. The van der Waals surface area contributed by atoms with Gasteiger partial charge in [-0.05, 0) is 6.42 Å². The minimum Gasteiger partial charge on any atom is -0.381 e. The summed E-state index contributed by atoms with van der Waals surface area (Å²) in [5.41, 5.74) is 0. The Bertz CT molecular complexity index is 457. The highest BCUT2D eigenvalue weighted by Crippen LogP contribution is 2.28. The van der Waals surface area contributed by atoms with Gasteiger partial charge in [-0.25, -0.2) is 4.98 Å². The average molecular weight is 263 g/mol. The Labute approximate surface area is 113 Å². The maximum Gasteiger partial charge on any atom is 0.228 e. The molecule has 3 heterocycles. The first-order chi connectivity index (χ1) is 9.16. The third kappa shape index (κ3) is 2.27. The lowest BCUT2D eigenvalue weighted by Gasteiger charge is -2.41. The van der Waals surface area contributed by atoms with Gasteiger partial charge >= 0.3 is 0 Å². The summed E-state index contributed by atoms with van der Waals surface area (Å²) in [7, 11) is 0. The summed E-state index contributed by atoms with van der Waals surface area (Å²) >= 11 is 0. The monoisotopic (exact) mass is 263 g/mol. The molecule has 0 aromatic carbocycles. The Kier molecular flexibility index (Phi) is 3.31. The van der Waals surface area contributed by atoms with Crippen molar-refractivity contribution in [3.8, 4) is 0 Å². The van der Waals surface area contributed by atoms with Crippen LogP contribution in [-0.2, 0) is 9.53 Å².